The molecule has 0 nitrogen and oxygen atoms in total. The van der Waals surface area contributed by atoms with E-state index in [2.05, 4.69) is 27.7 Å². The van der Waals surface area contributed by atoms with Crippen molar-refractivity contribution in [3.05, 3.63) is 11.1 Å². The fraction of sp³-hybridized carbons (Fsp3) is 0.956. The maximum Gasteiger partial charge on any atom is -0.0289 e. The van der Waals surface area contributed by atoms with Crippen molar-refractivity contribution in [2.24, 2.45) is 11.8 Å². The minimum Gasteiger partial charge on any atom is -0.0707 e. The average molecular weight is 629 g/mol. The van der Waals surface area contributed by atoms with Crippen LogP contribution in [0.4, 0.5) is 0 Å². The molecule has 0 aromatic heterocycles. The van der Waals surface area contributed by atoms with Crippen LogP contribution in [0.1, 0.15) is 265 Å². The van der Waals surface area contributed by atoms with Gasteiger partial charge in [0.2, 0.25) is 0 Å². The van der Waals surface area contributed by atoms with Gasteiger partial charge in [0.15, 0.2) is 0 Å². The Hall–Kier alpha value is -0.260. The number of hydrogen-bond donors (Lipinski definition) is 0. The molecule has 1 aliphatic carbocycles. The van der Waals surface area contributed by atoms with Gasteiger partial charge in [-0.3, -0.25) is 0 Å². The van der Waals surface area contributed by atoms with Gasteiger partial charge in [-0.1, -0.05) is 244 Å². The van der Waals surface area contributed by atoms with E-state index in [-0.39, 0.29) is 0 Å². The molecule has 0 fully saturated rings. The molecule has 0 amide bonds. The highest BCUT2D eigenvalue weighted by molar-refractivity contribution is 5.20. The fourth-order valence-electron chi connectivity index (χ4n) is 8.32. The summed E-state index contributed by atoms with van der Waals surface area (Å²) < 4.78 is 0. The second-order valence-corrected chi connectivity index (χ2v) is 15.8. The second-order valence-electron chi connectivity index (χ2n) is 15.8. The molecule has 0 saturated carbocycles. The molecule has 2 atom stereocenters. The Bertz CT molecular complexity index is 562. The van der Waals surface area contributed by atoms with Gasteiger partial charge in [0.25, 0.3) is 0 Å². The SMILES string of the molecule is CCCCCCCCCCC(CCCCCCCC)CC1=C(CC(CCCCCCCC)CCCCCCCCCC)CCC1. The molecule has 0 saturated heterocycles. The summed E-state index contributed by atoms with van der Waals surface area (Å²) in [6.45, 7) is 9.37. The Labute approximate surface area is 287 Å². The first-order chi connectivity index (χ1) is 22.2. The Balaban J connectivity index is 2.66. The predicted octanol–water partition coefficient (Wildman–Crippen LogP) is 17.0. The molecule has 0 aromatic rings. The molecule has 0 heterocycles. The Morgan fingerprint density at radius 3 is 0.778 bits per heavy atom. The van der Waals surface area contributed by atoms with E-state index in [4.69, 9.17) is 0 Å². The van der Waals surface area contributed by atoms with E-state index in [1.165, 1.54) is 238 Å². The number of allylic oxidation sites excluding steroid dienone is 2. The second kappa shape index (κ2) is 33.6. The van der Waals surface area contributed by atoms with E-state index in [0.29, 0.717) is 0 Å². The van der Waals surface area contributed by atoms with Crippen molar-refractivity contribution in [1.82, 2.24) is 0 Å². The molecule has 0 aliphatic heterocycles. The fourth-order valence-corrected chi connectivity index (χ4v) is 8.32. The van der Waals surface area contributed by atoms with E-state index in [1.54, 1.807) is 0 Å². The van der Waals surface area contributed by atoms with Crippen molar-refractivity contribution >= 4 is 0 Å². The zero-order valence-corrected chi connectivity index (χ0v) is 32.3. The Kier molecular flexibility index (Phi) is 32.0. The summed E-state index contributed by atoms with van der Waals surface area (Å²) in [4.78, 5) is 0. The molecule has 1 rings (SSSR count). The summed E-state index contributed by atoms with van der Waals surface area (Å²) >= 11 is 0. The number of rotatable bonds is 36. The van der Waals surface area contributed by atoms with Crippen LogP contribution in [-0.2, 0) is 0 Å². The first kappa shape index (κ1) is 42.8. The highest BCUT2D eigenvalue weighted by Gasteiger charge is 2.21. The molecule has 0 N–H and O–H groups in total. The van der Waals surface area contributed by atoms with Crippen molar-refractivity contribution < 1.29 is 0 Å². The van der Waals surface area contributed by atoms with Gasteiger partial charge < -0.3 is 0 Å². The Morgan fingerprint density at radius 1 is 0.311 bits per heavy atom. The standard InChI is InChI=1S/C45H88/c1-5-9-13-17-21-23-27-31-36-42(34-29-25-19-15-11-7-3)40-44-38-33-39-45(44)41-43(35-30-26-20-16-12-8-4)37-32-28-24-22-18-14-10-6-2/h42-43H,5-41H2,1-4H3. The third kappa shape index (κ3) is 26.4. The maximum atomic E-state index is 2.35. The van der Waals surface area contributed by atoms with E-state index >= 15 is 0 Å². The highest BCUT2D eigenvalue weighted by Crippen LogP contribution is 2.39. The highest BCUT2D eigenvalue weighted by atomic mass is 14.3. The van der Waals surface area contributed by atoms with E-state index in [1.807, 2.05) is 11.1 Å². The molecule has 0 heteroatoms. The zero-order chi connectivity index (χ0) is 32.5. The predicted molar refractivity (Wildman–Crippen MR) is 208 cm³/mol. The van der Waals surface area contributed by atoms with Crippen molar-refractivity contribution in [2.45, 2.75) is 265 Å². The molecule has 0 bridgehead atoms. The van der Waals surface area contributed by atoms with E-state index in [9.17, 15) is 0 Å². The molecular weight excluding hydrogens is 540 g/mol. The summed E-state index contributed by atoms with van der Waals surface area (Å²) in [7, 11) is 0. The molecule has 268 valence electrons. The first-order valence-electron chi connectivity index (χ1n) is 21.9. The van der Waals surface area contributed by atoms with Crippen molar-refractivity contribution in [2.75, 3.05) is 0 Å². The van der Waals surface area contributed by atoms with Crippen LogP contribution in [0, 0.1) is 11.8 Å². The van der Waals surface area contributed by atoms with Gasteiger partial charge in [-0.2, -0.15) is 0 Å². The lowest BCUT2D eigenvalue weighted by Crippen LogP contribution is -2.06. The minimum atomic E-state index is 0.976. The van der Waals surface area contributed by atoms with Crippen LogP contribution < -0.4 is 0 Å². The Morgan fingerprint density at radius 2 is 0.533 bits per heavy atom. The molecular formula is C45H88. The van der Waals surface area contributed by atoms with Crippen LogP contribution >= 0.6 is 0 Å². The first-order valence-corrected chi connectivity index (χ1v) is 21.9. The summed E-state index contributed by atoms with van der Waals surface area (Å²) in [5.74, 6) is 1.95. The number of unbranched alkanes of at least 4 members (excludes halogenated alkanes) is 24. The molecule has 0 spiro atoms. The number of hydrogen-bond acceptors (Lipinski definition) is 0. The molecule has 0 radical (unpaired) electrons. The van der Waals surface area contributed by atoms with Crippen molar-refractivity contribution in [3.8, 4) is 0 Å². The largest absolute Gasteiger partial charge is 0.0707 e. The summed E-state index contributed by atoms with van der Waals surface area (Å²) in [5, 5.41) is 0. The molecule has 45 heavy (non-hydrogen) atoms. The van der Waals surface area contributed by atoms with Gasteiger partial charge in [-0.05, 0) is 43.9 Å². The lowest BCUT2D eigenvalue weighted by molar-refractivity contribution is 0.388. The quantitative estimate of drug-likeness (QED) is 0.0478. The van der Waals surface area contributed by atoms with Gasteiger partial charge in [0.1, 0.15) is 0 Å². The van der Waals surface area contributed by atoms with Gasteiger partial charge in [0.05, 0.1) is 0 Å². The van der Waals surface area contributed by atoms with Crippen LogP contribution in [-0.4, -0.2) is 0 Å². The zero-order valence-electron chi connectivity index (χ0n) is 32.3. The molecule has 2 unspecified atom stereocenters. The third-order valence-electron chi connectivity index (χ3n) is 11.4. The van der Waals surface area contributed by atoms with Gasteiger partial charge >= 0.3 is 0 Å². The van der Waals surface area contributed by atoms with Gasteiger partial charge in [-0.15, -0.1) is 0 Å². The van der Waals surface area contributed by atoms with Crippen LogP contribution in [0.2, 0.25) is 0 Å². The van der Waals surface area contributed by atoms with Crippen molar-refractivity contribution in [1.29, 1.82) is 0 Å². The lowest BCUT2D eigenvalue weighted by Gasteiger charge is -2.22. The normalized spacial score (nSPS) is 14.9. The van der Waals surface area contributed by atoms with Crippen LogP contribution in [0.15, 0.2) is 11.1 Å². The molecule has 1 aliphatic rings. The third-order valence-corrected chi connectivity index (χ3v) is 11.4. The summed E-state index contributed by atoms with van der Waals surface area (Å²) in [6.07, 6.45) is 54.2. The van der Waals surface area contributed by atoms with Crippen molar-refractivity contribution in [3.63, 3.8) is 0 Å². The monoisotopic (exact) mass is 629 g/mol. The maximum absolute atomic E-state index is 2.35. The topological polar surface area (TPSA) is 0 Å². The van der Waals surface area contributed by atoms with Gasteiger partial charge in [0, 0.05) is 0 Å². The molecule has 0 aromatic carbocycles. The summed E-state index contributed by atoms with van der Waals surface area (Å²) in [6, 6.07) is 0. The van der Waals surface area contributed by atoms with Crippen LogP contribution in [0.25, 0.3) is 0 Å². The van der Waals surface area contributed by atoms with Crippen LogP contribution in [0.5, 0.6) is 0 Å². The van der Waals surface area contributed by atoms with Crippen LogP contribution in [0.3, 0.4) is 0 Å². The smallest absolute Gasteiger partial charge is 0.0289 e. The summed E-state index contributed by atoms with van der Waals surface area (Å²) in [5.41, 5.74) is 3.93. The minimum absolute atomic E-state index is 0.976. The van der Waals surface area contributed by atoms with E-state index in [0.717, 1.165) is 11.8 Å². The van der Waals surface area contributed by atoms with E-state index < -0.39 is 0 Å². The lowest BCUT2D eigenvalue weighted by atomic mass is 9.84. The average Bonchev–Trinajstić information content (AvgIpc) is 3.48. The van der Waals surface area contributed by atoms with Gasteiger partial charge in [-0.25, -0.2) is 0 Å².